The summed E-state index contributed by atoms with van der Waals surface area (Å²) in [4.78, 5) is 4.14. The maximum absolute atomic E-state index is 13.8. The van der Waals surface area contributed by atoms with Crippen LogP contribution in [-0.4, -0.2) is 11.5 Å². The maximum atomic E-state index is 13.8. The van der Waals surface area contributed by atoms with E-state index < -0.39 is 0 Å². The predicted octanol–water partition coefficient (Wildman–Crippen LogP) is 3.74. The molecular weight excluding hydrogens is 303 g/mol. The van der Waals surface area contributed by atoms with Crippen LogP contribution in [0.2, 0.25) is 0 Å². The second-order valence-corrected chi connectivity index (χ2v) is 5.13. The molecule has 90 valence electrons. The zero-order valence-corrected chi connectivity index (χ0v) is 11.7. The van der Waals surface area contributed by atoms with E-state index in [4.69, 9.17) is 0 Å². The minimum Gasteiger partial charge on any atom is -0.305 e. The minimum absolute atomic E-state index is 0.207. The lowest BCUT2D eigenvalue weighted by molar-refractivity contribution is 0.542. The van der Waals surface area contributed by atoms with Crippen molar-refractivity contribution >= 4 is 27.3 Å². The van der Waals surface area contributed by atoms with Gasteiger partial charge in [0, 0.05) is 21.6 Å². The highest BCUT2D eigenvalue weighted by Crippen LogP contribution is 2.31. The largest absolute Gasteiger partial charge is 0.305 e. The van der Waals surface area contributed by atoms with Gasteiger partial charge in [-0.2, -0.15) is 11.3 Å². The van der Waals surface area contributed by atoms with Crippen molar-refractivity contribution in [2.75, 3.05) is 6.54 Å². The first-order valence-electron chi connectivity index (χ1n) is 5.29. The van der Waals surface area contributed by atoms with E-state index in [0.29, 0.717) is 5.69 Å². The van der Waals surface area contributed by atoms with E-state index in [9.17, 15) is 4.39 Å². The van der Waals surface area contributed by atoms with Gasteiger partial charge in [-0.25, -0.2) is 4.39 Å². The fourth-order valence-electron chi connectivity index (χ4n) is 1.67. The Morgan fingerprint density at radius 2 is 2.35 bits per heavy atom. The highest BCUT2D eigenvalue weighted by atomic mass is 79.9. The molecule has 0 aliphatic carbocycles. The molecule has 0 saturated heterocycles. The number of rotatable bonds is 4. The van der Waals surface area contributed by atoms with Gasteiger partial charge in [0.2, 0.25) is 0 Å². The maximum Gasteiger partial charge on any atom is 0.146 e. The molecule has 0 aliphatic rings. The SMILES string of the molecule is CCNC(c1cscc1Br)c1ncccc1F. The molecule has 2 rings (SSSR count). The fourth-order valence-corrected chi connectivity index (χ4v) is 3.22. The molecule has 0 fully saturated rings. The Hall–Kier alpha value is -0.780. The van der Waals surface area contributed by atoms with Crippen LogP contribution in [0.1, 0.15) is 24.2 Å². The predicted molar refractivity (Wildman–Crippen MR) is 71.7 cm³/mol. The van der Waals surface area contributed by atoms with Crippen LogP contribution in [0.3, 0.4) is 0 Å². The summed E-state index contributed by atoms with van der Waals surface area (Å²) >= 11 is 5.06. The Labute approximate surface area is 112 Å². The standard InChI is InChI=1S/C12H12BrFN2S/c1-2-15-11(8-6-17-7-9(8)13)12-10(14)4-3-5-16-12/h3-7,11,15H,2H2,1H3. The molecule has 0 bridgehead atoms. The second-order valence-electron chi connectivity index (χ2n) is 3.54. The molecule has 0 amide bonds. The number of pyridine rings is 1. The summed E-state index contributed by atoms with van der Waals surface area (Å²) in [5.41, 5.74) is 1.46. The third-order valence-corrected chi connectivity index (χ3v) is 4.17. The third kappa shape index (κ3) is 2.73. The quantitative estimate of drug-likeness (QED) is 0.929. The van der Waals surface area contributed by atoms with Crippen LogP contribution in [0.4, 0.5) is 4.39 Å². The Balaban J connectivity index is 2.43. The van der Waals surface area contributed by atoms with Gasteiger partial charge in [-0.15, -0.1) is 0 Å². The van der Waals surface area contributed by atoms with E-state index in [-0.39, 0.29) is 11.9 Å². The van der Waals surface area contributed by atoms with Crippen molar-refractivity contribution in [2.24, 2.45) is 0 Å². The van der Waals surface area contributed by atoms with Crippen LogP contribution in [0.5, 0.6) is 0 Å². The molecule has 0 aliphatic heterocycles. The molecule has 1 unspecified atom stereocenters. The van der Waals surface area contributed by atoms with Crippen LogP contribution >= 0.6 is 27.3 Å². The lowest BCUT2D eigenvalue weighted by atomic mass is 10.1. The van der Waals surface area contributed by atoms with E-state index >= 15 is 0 Å². The topological polar surface area (TPSA) is 24.9 Å². The first kappa shape index (κ1) is 12.7. The molecule has 2 aromatic heterocycles. The van der Waals surface area contributed by atoms with Crippen LogP contribution < -0.4 is 5.32 Å². The van der Waals surface area contributed by atoms with Gasteiger partial charge in [0.1, 0.15) is 5.82 Å². The molecule has 17 heavy (non-hydrogen) atoms. The summed E-state index contributed by atoms with van der Waals surface area (Å²) in [5, 5.41) is 7.25. The Morgan fingerprint density at radius 1 is 1.53 bits per heavy atom. The van der Waals surface area contributed by atoms with Crippen LogP contribution in [0, 0.1) is 5.82 Å². The first-order chi connectivity index (χ1) is 8.24. The highest BCUT2D eigenvalue weighted by molar-refractivity contribution is 9.10. The van der Waals surface area contributed by atoms with Crippen LogP contribution in [0.15, 0.2) is 33.6 Å². The van der Waals surface area contributed by atoms with E-state index in [1.165, 1.54) is 6.07 Å². The molecule has 2 nitrogen and oxygen atoms in total. The van der Waals surface area contributed by atoms with Crippen molar-refractivity contribution in [1.82, 2.24) is 10.3 Å². The fraction of sp³-hybridized carbons (Fsp3) is 0.250. The summed E-state index contributed by atoms with van der Waals surface area (Å²) in [6, 6.07) is 2.83. The normalized spacial score (nSPS) is 12.6. The van der Waals surface area contributed by atoms with Gasteiger partial charge in [0.15, 0.2) is 0 Å². The van der Waals surface area contributed by atoms with E-state index in [2.05, 4.69) is 26.2 Å². The summed E-state index contributed by atoms with van der Waals surface area (Å²) in [7, 11) is 0. The first-order valence-corrected chi connectivity index (χ1v) is 7.03. The van der Waals surface area contributed by atoms with E-state index in [1.807, 2.05) is 17.7 Å². The third-order valence-electron chi connectivity index (χ3n) is 2.42. The lowest BCUT2D eigenvalue weighted by Gasteiger charge is -2.17. The van der Waals surface area contributed by atoms with Gasteiger partial charge in [0.05, 0.1) is 11.7 Å². The summed E-state index contributed by atoms with van der Waals surface area (Å²) in [6.07, 6.45) is 1.61. The summed E-state index contributed by atoms with van der Waals surface area (Å²) in [6.45, 7) is 2.75. The van der Waals surface area contributed by atoms with Gasteiger partial charge in [-0.3, -0.25) is 4.98 Å². The lowest BCUT2D eigenvalue weighted by Crippen LogP contribution is -2.23. The molecule has 0 spiro atoms. The number of aromatic nitrogens is 1. The molecule has 2 aromatic rings. The zero-order valence-electron chi connectivity index (χ0n) is 9.28. The number of thiophene rings is 1. The summed E-state index contributed by atoms with van der Waals surface area (Å²) in [5.74, 6) is -0.281. The molecule has 0 saturated carbocycles. The Kier molecular flexibility index (Phi) is 4.25. The summed E-state index contributed by atoms with van der Waals surface area (Å²) < 4.78 is 14.8. The van der Waals surface area contributed by atoms with Crippen molar-refractivity contribution in [3.8, 4) is 0 Å². The van der Waals surface area contributed by atoms with Crippen molar-refractivity contribution in [2.45, 2.75) is 13.0 Å². The molecule has 0 radical (unpaired) electrons. The van der Waals surface area contributed by atoms with E-state index in [0.717, 1.165) is 16.6 Å². The number of hydrogen-bond donors (Lipinski definition) is 1. The Morgan fingerprint density at radius 3 is 2.94 bits per heavy atom. The zero-order chi connectivity index (χ0) is 12.3. The average molecular weight is 315 g/mol. The highest BCUT2D eigenvalue weighted by Gasteiger charge is 2.20. The molecule has 1 atom stereocenters. The van der Waals surface area contributed by atoms with Crippen molar-refractivity contribution in [3.63, 3.8) is 0 Å². The number of nitrogens with zero attached hydrogens (tertiary/aromatic N) is 1. The van der Waals surface area contributed by atoms with Crippen molar-refractivity contribution in [1.29, 1.82) is 0 Å². The second kappa shape index (κ2) is 5.71. The number of halogens is 2. The molecular formula is C12H12BrFN2S. The molecule has 5 heteroatoms. The number of hydrogen-bond acceptors (Lipinski definition) is 3. The van der Waals surface area contributed by atoms with Crippen molar-refractivity contribution in [3.05, 3.63) is 50.6 Å². The van der Waals surface area contributed by atoms with Gasteiger partial charge >= 0.3 is 0 Å². The van der Waals surface area contributed by atoms with Gasteiger partial charge < -0.3 is 5.32 Å². The van der Waals surface area contributed by atoms with Crippen molar-refractivity contribution < 1.29 is 4.39 Å². The van der Waals surface area contributed by atoms with Gasteiger partial charge in [-0.05, 0) is 40.0 Å². The smallest absolute Gasteiger partial charge is 0.146 e. The molecule has 2 heterocycles. The monoisotopic (exact) mass is 314 g/mol. The van der Waals surface area contributed by atoms with Crippen LogP contribution in [0.25, 0.3) is 0 Å². The van der Waals surface area contributed by atoms with Crippen LogP contribution in [-0.2, 0) is 0 Å². The minimum atomic E-state index is -0.281. The molecule has 0 aromatic carbocycles. The Bertz CT molecular complexity index is 501. The van der Waals surface area contributed by atoms with E-state index in [1.54, 1.807) is 23.6 Å². The molecule has 1 N–H and O–H groups in total. The number of nitrogens with one attached hydrogen (secondary N) is 1. The van der Waals surface area contributed by atoms with Gasteiger partial charge in [-0.1, -0.05) is 6.92 Å². The van der Waals surface area contributed by atoms with Gasteiger partial charge in [0.25, 0.3) is 0 Å². The average Bonchev–Trinajstić information content (AvgIpc) is 2.74.